The Morgan fingerprint density at radius 2 is 2.33 bits per heavy atom. The van der Waals surface area contributed by atoms with Crippen molar-refractivity contribution in [1.29, 1.82) is 0 Å². The molecule has 8 heteroatoms. The first-order valence-corrected chi connectivity index (χ1v) is 7.28. The van der Waals surface area contributed by atoms with Gasteiger partial charge in [-0.3, -0.25) is 14.4 Å². The third-order valence-electron chi connectivity index (χ3n) is 2.17. The molecular weight excluding hydrogens is 292 g/mol. The fraction of sp³-hybridized carbons (Fsp3) is 0.300. The number of thioether (sulfide) groups is 1. The number of carboxylic acid groups (broad SMARTS) is 1. The number of rotatable bonds is 4. The summed E-state index contributed by atoms with van der Waals surface area (Å²) >= 11 is 7.84. The maximum atomic E-state index is 10.6. The van der Waals surface area contributed by atoms with E-state index >= 15 is 0 Å². The molecule has 0 fully saturated rings. The number of hydrogen-bond acceptors (Lipinski definition) is 6. The van der Waals surface area contributed by atoms with Crippen LogP contribution in [0.15, 0.2) is 11.1 Å². The second-order valence-electron chi connectivity index (χ2n) is 3.44. The number of aromatic nitrogens is 1. The molecule has 1 aromatic rings. The summed E-state index contributed by atoms with van der Waals surface area (Å²) in [7, 11) is 0. The molecule has 0 aliphatic carbocycles. The minimum absolute atomic E-state index is 0.104. The molecule has 0 atom stereocenters. The molecule has 0 spiro atoms. The summed E-state index contributed by atoms with van der Waals surface area (Å²) in [6.45, 7) is 0.483. The van der Waals surface area contributed by atoms with Gasteiger partial charge >= 0.3 is 5.97 Å². The van der Waals surface area contributed by atoms with Crippen LogP contribution in [0.25, 0.3) is 6.08 Å². The van der Waals surface area contributed by atoms with Gasteiger partial charge in [-0.25, -0.2) is 0 Å². The summed E-state index contributed by atoms with van der Waals surface area (Å²) in [5.41, 5.74) is 0. The zero-order valence-electron chi connectivity index (χ0n) is 9.20. The van der Waals surface area contributed by atoms with Crippen LogP contribution in [0.1, 0.15) is 4.88 Å². The van der Waals surface area contributed by atoms with Crippen LogP contribution < -0.4 is 0 Å². The number of aliphatic carboxylic acids is 1. The van der Waals surface area contributed by atoms with Crippen molar-refractivity contribution in [2.45, 2.75) is 6.54 Å². The number of carbonyl (C=O) groups is 1. The molecule has 0 amide bonds. The van der Waals surface area contributed by atoms with Crippen molar-refractivity contribution in [2.75, 3.05) is 12.3 Å². The van der Waals surface area contributed by atoms with Crippen molar-refractivity contribution in [2.24, 2.45) is 4.99 Å². The van der Waals surface area contributed by atoms with Gasteiger partial charge in [-0.2, -0.15) is 0 Å². The lowest BCUT2D eigenvalue weighted by atomic mass is 10.4. The highest BCUT2D eigenvalue weighted by molar-refractivity contribution is 8.14. The Morgan fingerprint density at radius 1 is 1.56 bits per heavy atom. The highest BCUT2D eigenvalue weighted by Crippen LogP contribution is 2.28. The highest BCUT2D eigenvalue weighted by atomic mass is 32.2. The number of hydrogen-bond donors (Lipinski definition) is 2. The molecule has 18 heavy (non-hydrogen) atoms. The van der Waals surface area contributed by atoms with E-state index in [1.807, 2.05) is 6.08 Å². The Hall–Kier alpha value is -1.12. The van der Waals surface area contributed by atoms with E-state index in [2.05, 4.69) is 4.99 Å². The van der Waals surface area contributed by atoms with Gasteiger partial charge in [-0.05, 0) is 24.4 Å². The van der Waals surface area contributed by atoms with Crippen LogP contribution in [-0.4, -0.2) is 38.1 Å². The SMILES string of the molecule is O=C(O)Cn1c(O)c(C=CC2=NCCS2)sc1=S. The molecule has 96 valence electrons. The Kier molecular flexibility index (Phi) is 4.20. The maximum absolute atomic E-state index is 10.6. The van der Waals surface area contributed by atoms with Crippen LogP contribution in [0.3, 0.4) is 0 Å². The van der Waals surface area contributed by atoms with E-state index in [-0.39, 0.29) is 12.4 Å². The minimum atomic E-state index is -1.04. The Labute approximate surface area is 116 Å². The number of nitrogens with zero attached hydrogens (tertiary/aromatic N) is 2. The average Bonchev–Trinajstić information content (AvgIpc) is 2.90. The van der Waals surface area contributed by atoms with E-state index in [1.54, 1.807) is 17.8 Å². The first kappa shape index (κ1) is 13.3. The number of aromatic hydroxyl groups is 1. The fourth-order valence-corrected chi connectivity index (χ4v) is 3.34. The second kappa shape index (κ2) is 5.68. The third-order valence-corrected chi connectivity index (χ3v) is 4.52. The molecule has 0 aromatic carbocycles. The summed E-state index contributed by atoms with van der Waals surface area (Å²) in [4.78, 5) is 15.4. The van der Waals surface area contributed by atoms with Gasteiger partial charge in [0.1, 0.15) is 6.54 Å². The molecule has 2 heterocycles. The molecule has 1 aliphatic rings. The minimum Gasteiger partial charge on any atom is -0.493 e. The van der Waals surface area contributed by atoms with Crippen molar-refractivity contribution >= 4 is 52.4 Å². The molecule has 0 saturated heterocycles. The lowest BCUT2D eigenvalue weighted by Gasteiger charge is -1.99. The summed E-state index contributed by atoms with van der Waals surface area (Å²) in [6.07, 6.45) is 3.52. The zero-order chi connectivity index (χ0) is 13.1. The van der Waals surface area contributed by atoms with Gasteiger partial charge in [-0.1, -0.05) is 0 Å². The van der Waals surface area contributed by atoms with E-state index in [4.69, 9.17) is 17.3 Å². The lowest BCUT2D eigenvalue weighted by molar-refractivity contribution is -0.137. The highest BCUT2D eigenvalue weighted by Gasteiger charge is 2.12. The normalized spacial score (nSPS) is 15.2. The molecule has 0 bridgehead atoms. The molecule has 2 rings (SSSR count). The molecule has 0 saturated carbocycles. The van der Waals surface area contributed by atoms with Gasteiger partial charge in [0.2, 0.25) is 5.88 Å². The van der Waals surface area contributed by atoms with Crippen molar-refractivity contribution in [3.63, 3.8) is 0 Å². The van der Waals surface area contributed by atoms with Gasteiger partial charge in [0.05, 0.1) is 9.92 Å². The van der Waals surface area contributed by atoms with Crippen molar-refractivity contribution in [3.8, 4) is 5.88 Å². The Bertz CT molecular complexity index is 586. The van der Waals surface area contributed by atoms with E-state index in [9.17, 15) is 9.90 Å². The molecule has 0 unspecified atom stereocenters. The maximum Gasteiger partial charge on any atom is 0.323 e. The van der Waals surface area contributed by atoms with Crippen LogP contribution in [0, 0.1) is 3.95 Å². The van der Waals surface area contributed by atoms with Crippen LogP contribution in [0.2, 0.25) is 0 Å². The van der Waals surface area contributed by atoms with Crippen molar-refractivity contribution < 1.29 is 15.0 Å². The Morgan fingerprint density at radius 3 is 2.94 bits per heavy atom. The van der Waals surface area contributed by atoms with Crippen LogP contribution in [0.5, 0.6) is 5.88 Å². The number of aliphatic imine (C=N–C) groups is 1. The molecular formula is C10H10N2O3S3. The van der Waals surface area contributed by atoms with Crippen LogP contribution in [-0.2, 0) is 11.3 Å². The second-order valence-corrected chi connectivity index (χ2v) is 6.23. The topological polar surface area (TPSA) is 74.8 Å². The van der Waals surface area contributed by atoms with Gasteiger partial charge < -0.3 is 10.2 Å². The predicted octanol–water partition coefficient (Wildman–Crippen LogP) is 2.23. The first-order chi connectivity index (χ1) is 8.58. The monoisotopic (exact) mass is 302 g/mol. The molecule has 0 radical (unpaired) electrons. The predicted molar refractivity (Wildman–Crippen MR) is 76.2 cm³/mol. The summed E-state index contributed by atoms with van der Waals surface area (Å²) in [5, 5.41) is 19.5. The largest absolute Gasteiger partial charge is 0.493 e. The van der Waals surface area contributed by atoms with Crippen molar-refractivity contribution in [3.05, 3.63) is 14.9 Å². The zero-order valence-corrected chi connectivity index (χ0v) is 11.6. The van der Waals surface area contributed by atoms with Gasteiger partial charge in [-0.15, -0.1) is 23.1 Å². The van der Waals surface area contributed by atoms with Gasteiger partial charge in [0, 0.05) is 12.3 Å². The summed E-state index contributed by atoms with van der Waals surface area (Å²) < 4.78 is 1.54. The summed E-state index contributed by atoms with van der Waals surface area (Å²) in [6, 6.07) is 0. The van der Waals surface area contributed by atoms with Gasteiger partial charge in [0.25, 0.3) is 0 Å². The smallest absolute Gasteiger partial charge is 0.323 e. The average molecular weight is 302 g/mol. The van der Waals surface area contributed by atoms with E-state index in [0.717, 1.165) is 17.3 Å². The third kappa shape index (κ3) is 3.01. The first-order valence-electron chi connectivity index (χ1n) is 5.07. The number of thiazole rings is 1. The van der Waals surface area contributed by atoms with E-state index in [1.165, 1.54) is 15.9 Å². The van der Waals surface area contributed by atoms with E-state index < -0.39 is 5.97 Å². The number of carboxylic acids is 1. The molecule has 1 aromatic heterocycles. The fourth-order valence-electron chi connectivity index (χ4n) is 1.40. The summed E-state index contributed by atoms with van der Waals surface area (Å²) in [5.74, 6) is -0.167. The molecule has 1 aliphatic heterocycles. The van der Waals surface area contributed by atoms with Crippen LogP contribution >= 0.6 is 35.3 Å². The van der Waals surface area contributed by atoms with Crippen LogP contribution in [0.4, 0.5) is 0 Å². The standard InChI is InChI=1S/C10H10N2O3S3/c13-8(14)5-12-9(15)6(18-10(12)16)1-2-7-11-3-4-17-7/h1-2,15H,3-5H2,(H,13,14). The van der Waals surface area contributed by atoms with Crippen molar-refractivity contribution in [1.82, 2.24) is 4.57 Å². The molecule has 2 N–H and O–H groups in total. The van der Waals surface area contributed by atoms with Gasteiger partial charge in [0.15, 0.2) is 3.95 Å². The quantitative estimate of drug-likeness (QED) is 0.834. The Balaban J connectivity index is 2.24. The lowest BCUT2D eigenvalue weighted by Crippen LogP contribution is -2.07. The van der Waals surface area contributed by atoms with E-state index in [0.29, 0.717) is 8.83 Å². The molecule has 5 nitrogen and oxygen atoms in total.